The van der Waals surface area contributed by atoms with Crippen LogP contribution in [0.25, 0.3) is 0 Å². The van der Waals surface area contributed by atoms with Gasteiger partial charge in [-0.25, -0.2) is 17.2 Å². The molecule has 0 amide bonds. The molecule has 1 heterocycles. The molecule has 1 aromatic carbocycles. The number of benzene rings is 1. The van der Waals surface area contributed by atoms with Crippen molar-refractivity contribution >= 4 is 15.8 Å². The summed E-state index contributed by atoms with van der Waals surface area (Å²) in [6.07, 6.45) is 0. The van der Waals surface area contributed by atoms with E-state index in [0.29, 0.717) is 25.6 Å². The van der Waals surface area contributed by atoms with Gasteiger partial charge in [0.2, 0.25) is 0 Å². The molecule has 25 heavy (non-hydrogen) atoms. The van der Waals surface area contributed by atoms with Crippen LogP contribution in [0.5, 0.6) is 5.75 Å². The Morgan fingerprint density at radius 1 is 1.40 bits per heavy atom. The van der Waals surface area contributed by atoms with Crippen LogP contribution in [0.4, 0.5) is 8.78 Å². The van der Waals surface area contributed by atoms with E-state index in [1.54, 1.807) is 20.9 Å². The van der Waals surface area contributed by atoms with Gasteiger partial charge in [0.05, 0.1) is 17.0 Å². The predicted molar refractivity (Wildman–Crippen MR) is 92.7 cm³/mol. The lowest BCUT2D eigenvalue weighted by molar-refractivity contribution is 0.299. The number of aliphatic imine (C=N–C) groups is 1. The van der Waals surface area contributed by atoms with Gasteiger partial charge in [-0.2, -0.15) is 0 Å². The van der Waals surface area contributed by atoms with Gasteiger partial charge < -0.3 is 15.0 Å². The van der Waals surface area contributed by atoms with Crippen LogP contribution in [-0.4, -0.2) is 63.1 Å². The normalized spacial score (nSPS) is 19.6. The first-order valence-electron chi connectivity index (χ1n) is 7.92. The van der Waals surface area contributed by atoms with E-state index in [9.17, 15) is 17.2 Å². The van der Waals surface area contributed by atoms with Gasteiger partial charge in [-0.05, 0) is 26.0 Å². The molecule has 0 spiro atoms. The number of ether oxygens (including phenoxy) is 1. The molecular weight excluding hydrogens is 352 g/mol. The van der Waals surface area contributed by atoms with Gasteiger partial charge in [-0.1, -0.05) is 0 Å². The summed E-state index contributed by atoms with van der Waals surface area (Å²) < 4.78 is 54.9. The smallest absolute Gasteiger partial charge is 0.193 e. The topological polar surface area (TPSA) is 71.0 Å². The molecule has 0 aliphatic carbocycles. The Bertz CT molecular complexity index is 751. The first-order valence-corrected chi connectivity index (χ1v) is 9.57. The van der Waals surface area contributed by atoms with E-state index in [2.05, 4.69) is 10.3 Å². The van der Waals surface area contributed by atoms with Crippen molar-refractivity contribution < 1.29 is 21.9 Å². The summed E-state index contributed by atoms with van der Waals surface area (Å²) in [5.41, 5.74) is 0. The maximum atomic E-state index is 13.5. The number of nitrogens with zero attached hydrogens (tertiary/aromatic N) is 2. The minimum atomic E-state index is -3.13. The molecule has 2 rings (SSSR count). The van der Waals surface area contributed by atoms with Crippen molar-refractivity contribution in [3.8, 4) is 5.75 Å². The summed E-state index contributed by atoms with van der Waals surface area (Å²) in [6.45, 7) is 4.58. The quantitative estimate of drug-likeness (QED) is 0.490. The second-order valence-corrected chi connectivity index (χ2v) is 9.14. The highest BCUT2D eigenvalue weighted by molar-refractivity contribution is 7.92. The zero-order valence-electron chi connectivity index (χ0n) is 14.6. The van der Waals surface area contributed by atoms with Crippen LogP contribution in [-0.2, 0) is 9.84 Å². The van der Waals surface area contributed by atoms with Gasteiger partial charge in [0, 0.05) is 26.2 Å². The maximum Gasteiger partial charge on any atom is 0.193 e. The lowest BCUT2D eigenvalue weighted by Crippen LogP contribution is -2.57. The van der Waals surface area contributed by atoms with Crippen molar-refractivity contribution in [2.45, 2.75) is 18.6 Å². The van der Waals surface area contributed by atoms with Crippen molar-refractivity contribution in [1.82, 2.24) is 10.2 Å². The summed E-state index contributed by atoms with van der Waals surface area (Å²) in [5, 5.41) is 3.06. The molecule has 1 fully saturated rings. The first kappa shape index (κ1) is 19.4. The SMILES string of the molecule is CN=C(NCCOc1ccc(F)cc1F)N1CCS(=O)(=O)C(C)(C)C1. The molecule has 1 saturated heterocycles. The average Bonchev–Trinajstić information content (AvgIpc) is 2.52. The van der Waals surface area contributed by atoms with E-state index in [-0.39, 0.29) is 18.1 Å². The Morgan fingerprint density at radius 2 is 2.12 bits per heavy atom. The first-order chi connectivity index (χ1) is 11.7. The number of hydrogen-bond donors (Lipinski definition) is 1. The monoisotopic (exact) mass is 375 g/mol. The van der Waals surface area contributed by atoms with Crippen LogP contribution in [0, 0.1) is 11.6 Å². The van der Waals surface area contributed by atoms with Crippen LogP contribution in [0.2, 0.25) is 0 Å². The molecule has 1 N–H and O–H groups in total. The van der Waals surface area contributed by atoms with Crippen molar-refractivity contribution in [2.75, 3.05) is 39.0 Å². The summed E-state index contributed by atoms with van der Waals surface area (Å²) in [4.78, 5) is 6.03. The van der Waals surface area contributed by atoms with E-state index in [0.717, 1.165) is 12.1 Å². The number of guanidine groups is 1. The fraction of sp³-hybridized carbons (Fsp3) is 0.562. The van der Waals surface area contributed by atoms with Crippen LogP contribution < -0.4 is 10.1 Å². The molecular formula is C16H23F2N3O3S. The summed E-state index contributed by atoms with van der Waals surface area (Å²) in [7, 11) is -1.52. The summed E-state index contributed by atoms with van der Waals surface area (Å²) in [5.74, 6) is -0.814. The van der Waals surface area contributed by atoms with Gasteiger partial charge in [0.15, 0.2) is 27.4 Å². The van der Waals surface area contributed by atoms with Gasteiger partial charge in [-0.15, -0.1) is 0 Å². The van der Waals surface area contributed by atoms with E-state index in [4.69, 9.17) is 4.74 Å². The minimum absolute atomic E-state index is 0.0246. The van der Waals surface area contributed by atoms with Gasteiger partial charge in [0.1, 0.15) is 12.4 Å². The maximum absolute atomic E-state index is 13.5. The molecule has 6 nitrogen and oxygen atoms in total. The molecule has 0 radical (unpaired) electrons. The lowest BCUT2D eigenvalue weighted by atomic mass is 10.2. The van der Waals surface area contributed by atoms with E-state index >= 15 is 0 Å². The zero-order valence-corrected chi connectivity index (χ0v) is 15.4. The van der Waals surface area contributed by atoms with E-state index in [1.807, 2.05) is 4.90 Å². The van der Waals surface area contributed by atoms with E-state index < -0.39 is 26.2 Å². The standard InChI is InChI=1S/C16H23F2N3O3S/c1-16(2)11-21(7-9-25(16,22)23)15(19-3)20-6-8-24-14-5-4-12(17)10-13(14)18/h4-5,10H,6-9,11H2,1-3H3,(H,19,20). The second-order valence-electron chi connectivity index (χ2n) is 6.40. The second kappa shape index (κ2) is 7.55. The Kier molecular flexibility index (Phi) is 5.87. The molecule has 1 aliphatic rings. The Morgan fingerprint density at radius 3 is 2.72 bits per heavy atom. The minimum Gasteiger partial charge on any atom is -0.489 e. The highest BCUT2D eigenvalue weighted by atomic mass is 32.2. The third-order valence-corrected chi connectivity index (χ3v) is 6.62. The fourth-order valence-corrected chi connectivity index (χ4v) is 3.94. The van der Waals surface area contributed by atoms with Crippen molar-refractivity contribution in [3.05, 3.63) is 29.8 Å². The fourth-order valence-electron chi connectivity index (χ4n) is 2.57. The van der Waals surface area contributed by atoms with E-state index in [1.165, 1.54) is 6.07 Å². The molecule has 9 heteroatoms. The van der Waals surface area contributed by atoms with Crippen LogP contribution in [0.15, 0.2) is 23.2 Å². The van der Waals surface area contributed by atoms with Crippen LogP contribution >= 0.6 is 0 Å². The third kappa shape index (κ3) is 4.59. The van der Waals surface area contributed by atoms with Crippen LogP contribution in [0.1, 0.15) is 13.8 Å². The number of sulfone groups is 1. The Hall–Kier alpha value is -1.90. The van der Waals surface area contributed by atoms with Gasteiger partial charge in [0.25, 0.3) is 0 Å². The highest BCUT2D eigenvalue weighted by Gasteiger charge is 2.40. The molecule has 0 bridgehead atoms. The number of nitrogens with one attached hydrogen (secondary N) is 1. The van der Waals surface area contributed by atoms with Crippen LogP contribution in [0.3, 0.4) is 0 Å². The molecule has 0 unspecified atom stereocenters. The average molecular weight is 375 g/mol. The molecule has 0 saturated carbocycles. The van der Waals surface area contributed by atoms with Crippen molar-refractivity contribution in [2.24, 2.45) is 4.99 Å². The van der Waals surface area contributed by atoms with Crippen molar-refractivity contribution in [3.63, 3.8) is 0 Å². The number of rotatable bonds is 4. The van der Waals surface area contributed by atoms with Crippen molar-refractivity contribution in [1.29, 1.82) is 0 Å². The molecule has 1 aliphatic heterocycles. The Labute approximate surface area is 146 Å². The number of halogens is 2. The largest absolute Gasteiger partial charge is 0.489 e. The third-order valence-electron chi connectivity index (χ3n) is 4.09. The lowest BCUT2D eigenvalue weighted by Gasteiger charge is -2.39. The summed E-state index contributed by atoms with van der Waals surface area (Å²) in [6, 6.07) is 3.12. The highest BCUT2D eigenvalue weighted by Crippen LogP contribution is 2.23. The molecule has 0 atom stereocenters. The van der Waals surface area contributed by atoms with Gasteiger partial charge in [-0.3, -0.25) is 4.99 Å². The van der Waals surface area contributed by atoms with Gasteiger partial charge >= 0.3 is 0 Å². The molecule has 1 aromatic rings. The molecule has 140 valence electrons. The predicted octanol–water partition coefficient (Wildman–Crippen LogP) is 1.43. The summed E-state index contributed by atoms with van der Waals surface area (Å²) >= 11 is 0. The Balaban J connectivity index is 1.87. The zero-order chi connectivity index (χ0) is 18.7. The molecule has 0 aromatic heterocycles. The number of hydrogen-bond acceptors (Lipinski definition) is 4.